The normalized spacial score (nSPS) is 20.2. The third kappa shape index (κ3) is 2.92. The molecule has 1 N–H and O–H groups in total. The molecule has 3 rings (SSSR count). The van der Waals surface area contributed by atoms with Gasteiger partial charge in [-0.3, -0.25) is 9.69 Å². The monoisotopic (exact) mass is 274 g/mol. The van der Waals surface area contributed by atoms with Gasteiger partial charge in [0.15, 0.2) is 0 Å². The van der Waals surface area contributed by atoms with Crippen LogP contribution in [0.4, 0.5) is 4.79 Å². The number of ether oxygens (including phenoxy) is 1. The summed E-state index contributed by atoms with van der Waals surface area (Å²) in [6.45, 7) is 1.62. The third-order valence-corrected chi connectivity index (χ3v) is 3.94. The lowest BCUT2D eigenvalue weighted by molar-refractivity contribution is -0.121. The SMILES string of the molecule is O=C1CN(C(=O)OCc2ccccc2)CC2(CC2)CN1. The molecular weight excluding hydrogens is 256 g/mol. The van der Waals surface area contributed by atoms with Crippen molar-refractivity contribution in [2.45, 2.75) is 19.4 Å². The molecule has 2 fully saturated rings. The van der Waals surface area contributed by atoms with Gasteiger partial charge in [-0.2, -0.15) is 0 Å². The predicted molar refractivity (Wildman–Crippen MR) is 72.9 cm³/mol. The third-order valence-electron chi connectivity index (χ3n) is 3.94. The quantitative estimate of drug-likeness (QED) is 0.890. The van der Waals surface area contributed by atoms with Crippen LogP contribution in [0, 0.1) is 5.41 Å². The first-order valence-corrected chi connectivity index (χ1v) is 6.89. The summed E-state index contributed by atoms with van der Waals surface area (Å²) in [7, 11) is 0. The number of rotatable bonds is 2. The van der Waals surface area contributed by atoms with Crippen LogP contribution in [-0.4, -0.2) is 36.5 Å². The summed E-state index contributed by atoms with van der Waals surface area (Å²) < 4.78 is 5.30. The smallest absolute Gasteiger partial charge is 0.410 e. The van der Waals surface area contributed by atoms with Gasteiger partial charge in [-0.05, 0) is 18.4 Å². The molecule has 0 bridgehead atoms. The van der Waals surface area contributed by atoms with Gasteiger partial charge in [0.05, 0.1) is 0 Å². The van der Waals surface area contributed by atoms with E-state index in [1.54, 1.807) is 0 Å². The maximum atomic E-state index is 12.1. The second kappa shape index (κ2) is 5.15. The zero-order valence-electron chi connectivity index (χ0n) is 11.3. The van der Waals surface area contributed by atoms with E-state index in [1.165, 1.54) is 4.90 Å². The van der Waals surface area contributed by atoms with Crippen molar-refractivity contribution in [1.29, 1.82) is 0 Å². The summed E-state index contributed by atoms with van der Waals surface area (Å²) in [5, 5.41) is 2.87. The summed E-state index contributed by atoms with van der Waals surface area (Å²) in [5.41, 5.74) is 1.04. The molecule has 1 heterocycles. The molecule has 1 aliphatic carbocycles. The van der Waals surface area contributed by atoms with Gasteiger partial charge in [-0.15, -0.1) is 0 Å². The van der Waals surface area contributed by atoms with E-state index in [-0.39, 0.29) is 24.5 Å². The van der Waals surface area contributed by atoms with Crippen molar-refractivity contribution in [1.82, 2.24) is 10.2 Å². The second-order valence-corrected chi connectivity index (χ2v) is 5.67. The van der Waals surface area contributed by atoms with Gasteiger partial charge in [-0.25, -0.2) is 4.79 Å². The second-order valence-electron chi connectivity index (χ2n) is 5.67. The molecule has 1 aliphatic heterocycles. The van der Waals surface area contributed by atoms with Crippen LogP contribution in [0.2, 0.25) is 0 Å². The summed E-state index contributed by atoms with van der Waals surface area (Å²) in [6.07, 6.45) is 1.73. The van der Waals surface area contributed by atoms with Crippen LogP contribution in [0.3, 0.4) is 0 Å². The maximum Gasteiger partial charge on any atom is 0.410 e. The highest BCUT2D eigenvalue weighted by atomic mass is 16.6. The average Bonchev–Trinajstić information content (AvgIpc) is 3.25. The van der Waals surface area contributed by atoms with Crippen molar-refractivity contribution in [2.75, 3.05) is 19.6 Å². The standard InChI is InChI=1S/C15H18N2O3/c18-13-8-17(11-15(6-7-15)10-16-13)14(19)20-9-12-4-2-1-3-5-12/h1-5H,6-11H2,(H,16,18). The molecule has 1 aromatic carbocycles. The molecular formula is C15H18N2O3. The van der Waals surface area contributed by atoms with Crippen LogP contribution in [0.25, 0.3) is 0 Å². The lowest BCUT2D eigenvalue weighted by atomic mass is 10.1. The molecule has 0 atom stereocenters. The lowest BCUT2D eigenvalue weighted by Gasteiger charge is -2.22. The van der Waals surface area contributed by atoms with E-state index >= 15 is 0 Å². The highest BCUT2D eigenvalue weighted by Crippen LogP contribution is 2.46. The van der Waals surface area contributed by atoms with Crippen LogP contribution in [0.1, 0.15) is 18.4 Å². The molecule has 106 valence electrons. The molecule has 0 radical (unpaired) electrons. The molecule has 5 heteroatoms. The highest BCUT2D eigenvalue weighted by molar-refractivity contribution is 5.82. The first-order chi connectivity index (χ1) is 9.67. The Morgan fingerprint density at radius 2 is 2.05 bits per heavy atom. The number of carbonyl (C=O) groups excluding carboxylic acids is 2. The topological polar surface area (TPSA) is 58.6 Å². The Morgan fingerprint density at radius 1 is 1.30 bits per heavy atom. The predicted octanol–water partition coefficient (Wildman–Crippen LogP) is 1.54. The number of nitrogens with zero attached hydrogens (tertiary/aromatic N) is 1. The summed E-state index contributed by atoms with van der Waals surface area (Å²) >= 11 is 0. The molecule has 2 aliphatic rings. The van der Waals surface area contributed by atoms with Gasteiger partial charge >= 0.3 is 6.09 Å². The lowest BCUT2D eigenvalue weighted by Crippen LogP contribution is -2.38. The Labute approximate surface area is 117 Å². The van der Waals surface area contributed by atoms with E-state index < -0.39 is 6.09 Å². The fourth-order valence-corrected chi connectivity index (χ4v) is 2.48. The molecule has 1 aromatic rings. The van der Waals surface area contributed by atoms with Crippen molar-refractivity contribution in [3.63, 3.8) is 0 Å². The maximum absolute atomic E-state index is 12.1. The highest BCUT2D eigenvalue weighted by Gasteiger charge is 2.47. The Balaban J connectivity index is 1.59. The number of nitrogens with one attached hydrogen (secondary N) is 1. The molecule has 2 amide bonds. The zero-order chi connectivity index (χ0) is 14.0. The van der Waals surface area contributed by atoms with Gasteiger partial charge < -0.3 is 10.1 Å². The van der Waals surface area contributed by atoms with E-state index in [9.17, 15) is 9.59 Å². The van der Waals surface area contributed by atoms with Gasteiger partial charge in [0.1, 0.15) is 13.2 Å². The molecule has 0 aromatic heterocycles. The number of benzene rings is 1. The van der Waals surface area contributed by atoms with Crippen LogP contribution in [0.15, 0.2) is 30.3 Å². The minimum Gasteiger partial charge on any atom is -0.445 e. The molecule has 0 unspecified atom stereocenters. The Hall–Kier alpha value is -2.04. The molecule has 5 nitrogen and oxygen atoms in total. The van der Waals surface area contributed by atoms with E-state index in [4.69, 9.17) is 4.74 Å². The largest absolute Gasteiger partial charge is 0.445 e. The van der Waals surface area contributed by atoms with Crippen molar-refractivity contribution in [2.24, 2.45) is 5.41 Å². The summed E-state index contributed by atoms with van der Waals surface area (Å²) in [5.74, 6) is -0.106. The van der Waals surface area contributed by atoms with Crippen molar-refractivity contribution in [3.8, 4) is 0 Å². The van der Waals surface area contributed by atoms with Crippen molar-refractivity contribution in [3.05, 3.63) is 35.9 Å². The van der Waals surface area contributed by atoms with Crippen molar-refractivity contribution < 1.29 is 14.3 Å². The Kier molecular flexibility index (Phi) is 3.34. The van der Waals surface area contributed by atoms with Crippen LogP contribution < -0.4 is 5.32 Å². The molecule has 1 saturated carbocycles. The fourth-order valence-electron chi connectivity index (χ4n) is 2.48. The number of hydrogen-bond donors (Lipinski definition) is 1. The molecule has 1 spiro atoms. The van der Waals surface area contributed by atoms with Crippen LogP contribution >= 0.6 is 0 Å². The summed E-state index contributed by atoms with van der Waals surface area (Å²) in [6, 6.07) is 9.54. The molecule has 20 heavy (non-hydrogen) atoms. The van der Waals surface area contributed by atoms with E-state index in [0.717, 1.165) is 18.4 Å². The van der Waals surface area contributed by atoms with Crippen LogP contribution in [0.5, 0.6) is 0 Å². The van der Waals surface area contributed by atoms with Gasteiger partial charge in [0.25, 0.3) is 0 Å². The molecule has 1 saturated heterocycles. The number of hydrogen-bond acceptors (Lipinski definition) is 3. The van der Waals surface area contributed by atoms with Crippen LogP contribution in [-0.2, 0) is 16.1 Å². The van der Waals surface area contributed by atoms with E-state index in [0.29, 0.717) is 13.1 Å². The zero-order valence-corrected chi connectivity index (χ0v) is 11.3. The number of amides is 2. The van der Waals surface area contributed by atoms with E-state index in [1.807, 2.05) is 30.3 Å². The summed E-state index contributed by atoms with van der Waals surface area (Å²) in [4.78, 5) is 25.3. The average molecular weight is 274 g/mol. The minimum absolute atomic E-state index is 0.0926. The van der Waals surface area contributed by atoms with E-state index in [2.05, 4.69) is 5.32 Å². The van der Waals surface area contributed by atoms with Gasteiger partial charge in [0, 0.05) is 18.5 Å². The minimum atomic E-state index is -0.405. The fraction of sp³-hybridized carbons (Fsp3) is 0.467. The Morgan fingerprint density at radius 3 is 2.75 bits per heavy atom. The first kappa shape index (κ1) is 13.0. The first-order valence-electron chi connectivity index (χ1n) is 6.89. The van der Waals surface area contributed by atoms with Gasteiger partial charge in [0.2, 0.25) is 5.91 Å². The van der Waals surface area contributed by atoms with Crippen molar-refractivity contribution >= 4 is 12.0 Å². The van der Waals surface area contributed by atoms with Gasteiger partial charge in [-0.1, -0.05) is 30.3 Å². The Bertz CT molecular complexity index is 511. The number of carbonyl (C=O) groups is 2.